The second kappa shape index (κ2) is 8.37. The smallest absolute Gasteiger partial charge is 0.338 e. The number of anilines is 1. The number of methoxy groups -OCH3 is 1. The maximum Gasteiger partial charge on any atom is 0.338 e. The molecule has 0 spiro atoms. The molecular weight excluding hydrogens is 456 g/mol. The summed E-state index contributed by atoms with van der Waals surface area (Å²) in [6.45, 7) is 3.98. The molecule has 178 valence electrons. The predicted octanol–water partition coefficient (Wildman–Crippen LogP) is 2.32. The molecule has 2 heterocycles. The number of carbonyl (C=O) groups excluding carboxylic acids is 2. The van der Waals surface area contributed by atoms with Gasteiger partial charge in [-0.2, -0.15) is 0 Å². The highest BCUT2D eigenvalue weighted by Crippen LogP contribution is 2.50. The van der Waals surface area contributed by atoms with Crippen LogP contribution in [-0.2, 0) is 24.3 Å². The number of nitrogens with zero attached hydrogens (tertiary/aromatic N) is 2. The average molecular weight is 483 g/mol. The van der Waals surface area contributed by atoms with Gasteiger partial charge >= 0.3 is 5.97 Å². The van der Waals surface area contributed by atoms with E-state index < -0.39 is 21.9 Å². The lowest BCUT2D eigenvalue weighted by Gasteiger charge is -2.44. The summed E-state index contributed by atoms with van der Waals surface area (Å²) in [6, 6.07) is 9.33. The van der Waals surface area contributed by atoms with Crippen molar-refractivity contribution in [3.05, 3.63) is 77.0 Å². The van der Waals surface area contributed by atoms with Crippen LogP contribution in [0, 0.1) is 5.41 Å². The summed E-state index contributed by atoms with van der Waals surface area (Å²) in [6.07, 6.45) is 4.03. The van der Waals surface area contributed by atoms with Crippen LogP contribution in [0.15, 0.2) is 76.4 Å². The van der Waals surface area contributed by atoms with E-state index in [9.17, 15) is 18.0 Å². The van der Waals surface area contributed by atoms with Crippen molar-refractivity contribution >= 4 is 27.5 Å². The molecule has 1 aromatic heterocycles. The number of aromatic nitrogens is 1. The van der Waals surface area contributed by atoms with Gasteiger partial charge in [0.25, 0.3) is 0 Å². The molecule has 0 radical (unpaired) electrons. The summed E-state index contributed by atoms with van der Waals surface area (Å²) in [5, 5.41) is 5.24. The SMILES string of the molecule is COC(=O)C1=C(N)N(c2ccc(S(N)(=O)=O)cc2)C2=C(C(=O)CC(C)(C)C2)C1c1cccnc1. The van der Waals surface area contributed by atoms with Crippen LogP contribution >= 0.6 is 0 Å². The van der Waals surface area contributed by atoms with E-state index >= 15 is 0 Å². The van der Waals surface area contributed by atoms with Crippen LogP contribution < -0.4 is 15.8 Å². The summed E-state index contributed by atoms with van der Waals surface area (Å²) in [7, 11) is -2.64. The van der Waals surface area contributed by atoms with E-state index in [0.717, 1.165) is 0 Å². The minimum Gasteiger partial charge on any atom is -0.466 e. The van der Waals surface area contributed by atoms with Crippen molar-refractivity contribution in [1.82, 2.24) is 4.98 Å². The Bertz CT molecular complexity index is 1330. The van der Waals surface area contributed by atoms with Crippen LogP contribution in [0.2, 0.25) is 0 Å². The Morgan fingerprint density at radius 2 is 1.85 bits per heavy atom. The lowest BCUT2D eigenvalue weighted by molar-refractivity contribution is -0.136. The van der Waals surface area contributed by atoms with Crippen molar-refractivity contribution in [3.63, 3.8) is 0 Å². The molecule has 2 aliphatic rings. The summed E-state index contributed by atoms with van der Waals surface area (Å²) in [5.41, 5.74) is 8.65. The van der Waals surface area contributed by atoms with E-state index in [1.54, 1.807) is 41.6 Å². The summed E-state index contributed by atoms with van der Waals surface area (Å²) >= 11 is 0. The number of carbonyl (C=O) groups is 2. The molecule has 0 fully saturated rings. The third-order valence-electron chi connectivity index (χ3n) is 6.11. The molecule has 2 aromatic rings. The molecule has 1 aromatic carbocycles. The fourth-order valence-corrected chi connectivity index (χ4v) is 5.19. The molecule has 1 atom stereocenters. The number of allylic oxidation sites excluding steroid dienone is 2. The molecule has 0 amide bonds. The highest BCUT2D eigenvalue weighted by molar-refractivity contribution is 7.89. The molecule has 1 unspecified atom stereocenters. The van der Waals surface area contributed by atoms with Gasteiger partial charge in [-0.25, -0.2) is 18.4 Å². The molecule has 0 saturated carbocycles. The molecule has 34 heavy (non-hydrogen) atoms. The minimum absolute atomic E-state index is 0.0634. The van der Waals surface area contributed by atoms with Gasteiger partial charge in [-0.05, 0) is 47.7 Å². The maximum atomic E-state index is 13.5. The Labute approximate surface area is 198 Å². The van der Waals surface area contributed by atoms with Gasteiger partial charge in [0.2, 0.25) is 10.0 Å². The largest absolute Gasteiger partial charge is 0.466 e. The third-order valence-corrected chi connectivity index (χ3v) is 7.04. The zero-order valence-electron chi connectivity index (χ0n) is 19.1. The van der Waals surface area contributed by atoms with Gasteiger partial charge in [-0.3, -0.25) is 14.7 Å². The zero-order chi connectivity index (χ0) is 24.8. The van der Waals surface area contributed by atoms with Crippen LogP contribution in [-0.4, -0.2) is 32.3 Å². The van der Waals surface area contributed by atoms with Crippen molar-refractivity contribution in [2.45, 2.75) is 37.5 Å². The molecular formula is C24H26N4O5S. The van der Waals surface area contributed by atoms with Crippen LogP contribution in [0.3, 0.4) is 0 Å². The first-order valence-electron chi connectivity index (χ1n) is 10.6. The first-order valence-corrected chi connectivity index (χ1v) is 12.2. The van der Waals surface area contributed by atoms with Crippen molar-refractivity contribution < 1.29 is 22.7 Å². The van der Waals surface area contributed by atoms with E-state index in [1.165, 1.54) is 19.2 Å². The van der Waals surface area contributed by atoms with Crippen molar-refractivity contribution in [3.8, 4) is 0 Å². The quantitative estimate of drug-likeness (QED) is 0.632. The highest BCUT2D eigenvalue weighted by Gasteiger charge is 2.46. The van der Waals surface area contributed by atoms with Gasteiger partial charge in [0, 0.05) is 35.8 Å². The third kappa shape index (κ3) is 4.10. The Morgan fingerprint density at radius 3 is 2.41 bits per heavy atom. The lowest BCUT2D eigenvalue weighted by Crippen LogP contribution is -2.43. The van der Waals surface area contributed by atoms with E-state index in [2.05, 4.69) is 4.98 Å². The number of hydrogen-bond donors (Lipinski definition) is 2. The first-order chi connectivity index (χ1) is 15.9. The number of ketones is 1. The number of sulfonamides is 1. The van der Waals surface area contributed by atoms with Crippen molar-refractivity contribution in [2.24, 2.45) is 16.3 Å². The highest BCUT2D eigenvalue weighted by atomic mass is 32.2. The molecule has 9 nitrogen and oxygen atoms in total. The number of Topliss-reactive ketones (excluding diaryl/α,β-unsaturated/α-hetero) is 1. The Kier molecular flexibility index (Phi) is 5.82. The zero-order valence-corrected chi connectivity index (χ0v) is 19.9. The molecule has 1 aliphatic carbocycles. The Balaban J connectivity index is 2.00. The maximum absolute atomic E-state index is 13.5. The standard InChI is InChI=1S/C24H26N4O5S/c1-24(2)11-17-20(18(29)12-24)19(14-5-4-10-27-13-14)21(23(30)33-3)22(25)28(17)15-6-8-16(9-7-15)34(26,31)32/h4-10,13,19H,11-12,25H2,1-3H3,(H2,26,31,32). The molecule has 0 saturated heterocycles. The van der Waals surface area contributed by atoms with Crippen molar-refractivity contribution in [1.29, 1.82) is 0 Å². The number of esters is 1. The summed E-state index contributed by atoms with van der Waals surface area (Å²) in [4.78, 5) is 32.3. The second-order valence-electron chi connectivity index (χ2n) is 9.19. The van der Waals surface area contributed by atoms with E-state index in [4.69, 9.17) is 15.6 Å². The predicted molar refractivity (Wildman–Crippen MR) is 126 cm³/mol. The van der Waals surface area contributed by atoms with Gasteiger partial charge in [0.1, 0.15) is 5.82 Å². The topological polar surface area (TPSA) is 146 Å². The summed E-state index contributed by atoms with van der Waals surface area (Å²) in [5.74, 6) is -1.39. The average Bonchev–Trinajstić information content (AvgIpc) is 2.77. The fraction of sp³-hybridized carbons (Fsp3) is 0.292. The number of nitrogens with two attached hydrogens (primary N) is 2. The Morgan fingerprint density at radius 1 is 1.18 bits per heavy atom. The number of pyridine rings is 1. The second-order valence-corrected chi connectivity index (χ2v) is 10.7. The lowest BCUT2D eigenvalue weighted by atomic mass is 9.68. The van der Waals surface area contributed by atoms with E-state index in [0.29, 0.717) is 35.4 Å². The van der Waals surface area contributed by atoms with E-state index in [1.807, 2.05) is 13.8 Å². The van der Waals surface area contributed by atoms with Gasteiger partial charge in [0.15, 0.2) is 5.78 Å². The molecule has 10 heteroatoms. The first kappa shape index (κ1) is 23.7. The van der Waals surface area contributed by atoms with Crippen LogP contribution in [0.1, 0.15) is 38.2 Å². The molecule has 0 bridgehead atoms. The minimum atomic E-state index is -3.90. The number of benzene rings is 1. The fourth-order valence-electron chi connectivity index (χ4n) is 4.68. The number of ether oxygens (including phenoxy) is 1. The van der Waals surface area contributed by atoms with Gasteiger partial charge in [-0.1, -0.05) is 19.9 Å². The van der Waals surface area contributed by atoms with Gasteiger partial charge in [-0.15, -0.1) is 0 Å². The summed E-state index contributed by atoms with van der Waals surface area (Å²) < 4.78 is 28.5. The van der Waals surface area contributed by atoms with Crippen molar-refractivity contribution in [2.75, 3.05) is 12.0 Å². The molecule has 1 aliphatic heterocycles. The van der Waals surface area contributed by atoms with Crippen LogP contribution in [0.4, 0.5) is 5.69 Å². The van der Waals surface area contributed by atoms with Gasteiger partial charge < -0.3 is 10.5 Å². The Hall–Kier alpha value is -3.50. The van der Waals surface area contributed by atoms with E-state index in [-0.39, 0.29) is 27.5 Å². The monoisotopic (exact) mass is 482 g/mol. The van der Waals surface area contributed by atoms with Gasteiger partial charge in [0.05, 0.1) is 23.5 Å². The van der Waals surface area contributed by atoms with Crippen LogP contribution in [0.5, 0.6) is 0 Å². The number of hydrogen-bond acceptors (Lipinski definition) is 8. The normalized spacial score (nSPS) is 20.3. The number of primary sulfonamides is 1. The molecule has 4 rings (SSSR count). The van der Waals surface area contributed by atoms with Crippen LogP contribution in [0.25, 0.3) is 0 Å². The number of rotatable bonds is 4. The molecule has 4 N–H and O–H groups in total.